The summed E-state index contributed by atoms with van der Waals surface area (Å²) >= 11 is 0. The fourth-order valence-corrected chi connectivity index (χ4v) is 3.15. The third-order valence-corrected chi connectivity index (χ3v) is 4.48. The number of carbonyl (C=O) groups is 3. The largest absolute Gasteiger partial charge is 0.468 e. The molecule has 0 radical (unpaired) electrons. The van der Waals surface area contributed by atoms with E-state index in [2.05, 4.69) is 40.7 Å². The molecule has 1 aliphatic rings. The van der Waals surface area contributed by atoms with E-state index in [1.165, 1.54) is 7.11 Å². The highest BCUT2D eigenvalue weighted by molar-refractivity contribution is 5.91. The molecule has 0 bridgehead atoms. The van der Waals surface area contributed by atoms with Crippen molar-refractivity contribution in [2.24, 2.45) is 22.1 Å². The van der Waals surface area contributed by atoms with Crippen LogP contribution in [0.25, 0.3) is 20.9 Å². The quantitative estimate of drug-likeness (QED) is 0.185. The molecule has 2 amide bonds. The summed E-state index contributed by atoms with van der Waals surface area (Å²) in [5.41, 5.74) is 17.1. The molecule has 168 valence electrons. The summed E-state index contributed by atoms with van der Waals surface area (Å²) in [7, 11) is 1.21. The van der Waals surface area contributed by atoms with Crippen molar-refractivity contribution in [3.05, 3.63) is 20.9 Å². The van der Waals surface area contributed by atoms with E-state index in [4.69, 9.17) is 11.1 Å². The highest BCUT2D eigenvalue weighted by atomic mass is 35.5. The molecule has 1 heterocycles. The molecule has 14 heteroatoms. The number of methoxy groups -OCH3 is 1. The lowest BCUT2D eigenvalue weighted by atomic mass is 9.97. The van der Waals surface area contributed by atoms with E-state index >= 15 is 0 Å². The van der Waals surface area contributed by atoms with E-state index in [-0.39, 0.29) is 49.9 Å². The summed E-state index contributed by atoms with van der Waals surface area (Å²) in [4.78, 5) is 42.0. The Morgan fingerprint density at radius 3 is 2.40 bits per heavy atom. The van der Waals surface area contributed by atoms with Gasteiger partial charge in [-0.05, 0) is 35.7 Å². The average molecular weight is 446 g/mol. The summed E-state index contributed by atoms with van der Waals surface area (Å²) in [6, 6.07) is -1.79. The molecule has 1 rings (SSSR count). The second-order valence-corrected chi connectivity index (χ2v) is 7.15. The predicted molar refractivity (Wildman–Crippen MR) is 111 cm³/mol. The van der Waals surface area contributed by atoms with Gasteiger partial charge in [-0.3, -0.25) is 14.4 Å². The molecule has 0 saturated carbocycles. The van der Waals surface area contributed by atoms with Gasteiger partial charge < -0.3 is 20.7 Å². The van der Waals surface area contributed by atoms with Crippen molar-refractivity contribution >= 4 is 30.2 Å². The number of ether oxygens (including phenoxy) is 1. The Morgan fingerprint density at radius 1 is 1.20 bits per heavy atom. The van der Waals surface area contributed by atoms with Crippen molar-refractivity contribution in [3.8, 4) is 0 Å². The Hall–Kier alpha value is -2.72. The number of nitrogens with one attached hydrogen (secondary N) is 3. The smallest absolute Gasteiger partial charge is 0.325 e. The molecule has 0 aromatic carbocycles. The molecule has 0 spiro atoms. The van der Waals surface area contributed by atoms with Crippen molar-refractivity contribution in [3.63, 3.8) is 0 Å². The molecule has 1 fully saturated rings. The lowest BCUT2D eigenvalue weighted by Gasteiger charge is -2.24. The molecule has 0 aromatic heterocycles. The number of halogens is 1. The van der Waals surface area contributed by atoms with Gasteiger partial charge in [0.1, 0.15) is 12.6 Å². The number of esters is 1. The minimum atomic E-state index is -0.842. The van der Waals surface area contributed by atoms with Gasteiger partial charge in [-0.15, -0.1) is 12.4 Å². The average Bonchev–Trinajstić information content (AvgIpc) is 3.10. The Morgan fingerprint density at radius 2 is 1.83 bits per heavy atom. The van der Waals surface area contributed by atoms with Crippen molar-refractivity contribution in [2.45, 2.75) is 44.8 Å². The maximum absolute atomic E-state index is 12.8. The van der Waals surface area contributed by atoms with Gasteiger partial charge in [-0.25, -0.2) is 0 Å². The molecular weight excluding hydrogens is 418 g/mol. The fourth-order valence-electron chi connectivity index (χ4n) is 3.15. The standard InChI is InChI=1S/C16H27N9O4.ClH/c1-9(2)4-12(15(27)19-8-13(26)29-3)23-16(28)14-10(6-20-24-17)5-11(22-14)7-21-25-18;/h9-12,14,22H,4-8H2,1-3H3,(H,19,27)(H,23,28);1H/t10-,11+,12+,14+;/m1./s1. The molecule has 4 atom stereocenters. The molecule has 3 N–H and O–H groups in total. The number of hydrogen-bond acceptors (Lipinski definition) is 7. The van der Waals surface area contributed by atoms with E-state index in [1.807, 2.05) is 13.8 Å². The summed E-state index contributed by atoms with van der Waals surface area (Å²) in [5, 5.41) is 15.3. The highest BCUT2D eigenvalue weighted by Gasteiger charge is 2.38. The number of azide groups is 2. The van der Waals surface area contributed by atoms with Gasteiger partial charge >= 0.3 is 5.97 Å². The number of nitrogens with zero attached hydrogens (tertiary/aromatic N) is 6. The van der Waals surface area contributed by atoms with Crippen LogP contribution in [0.15, 0.2) is 10.2 Å². The maximum atomic E-state index is 12.8. The van der Waals surface area contributed by atoms with Gasteiger partial charge in [-0.1, -0.05) is 24.1 Å². The SMILES string of the molecule is COC(=O)CNC(=O)[C@H](CC(C)C)NC(=O)[C@H]1N[C@H](CN=[N+]=[N-])C[C@@H]1CN=[N+]=[N-].Cl. The summed E-state index contributed by atoms with van der Waals surface area (Å²) in [5.74, 6) is -1.71. The minimum absolute atomic E-state index is 0. The Bertz CT molecular complexity index is 692. The lowest BCUT2D eigenvalue weighted by Crippen LogP contribution is -2.54. The Labute approximate surface area is 180 Å². The zero-order valence-corrected chi connectivity index (χ0v) is 18.0. The summed E-state index contributed by atoms with van der Waals surface area (Å²) < 4.78 is 4.49. The van der Waals surface area contributed by atoms with Gasteiger partial charge in [0.05, 0.1) is 13.2 Å². The van der Waals surface area contributed by atoms with Gasteiger partial charge in [0, 0.05) is 29.0 Å². The summed E-state index contributed by atoms with van der Waals surface area (Å²) in [6.45, 7) is 3.76. The van der Waals surface area contributed by atoms with Crippen molar-refractivity contribution < 1.29 is 19.1 Å². The van der Waals surface area contributed by atoms with Crippen molar-refractivity contribution in [2.75, 3.05) is 26.7 Å². The van der Waals surface area contributed by atoms with Gasteiger partial charge in [0.2, 0.25) is 11.8 Å². The van der Waals surface area contributed by atoms with Crippen LogP contribution in [-0.2, 0) is 19.1 Å². The molecule has 1 aliphatic heterocycles. The van der Waals surface area contributed by atoms with Crippen LogP contribution in [0.5, 0.6) is 0 Å². The summed E-state index contributed by atoms with van der Waals surface area (Å²) in [6.07, 6.45) is 0.855. The predicted octanol–water partition coefficient (Wildman–Crippen LogP) is 1.20. The Kier molecular flexibility index (Phi) is 13.0. The normalized spacial score (nSPS) is 20.7. The van der Waals surface area contributed by atoms with Crippen LogP contribution in [0, 0.1) is 11.8 Å². The van der Waals surface area contributed by atoms with E-state index < -0.39 is 29.9 Å². The van der Waals surface area contributed by atoms with Crippen LogP contribution in [0.2, 0.25) is 0 Å². The first-order chi connectivity index (χ1) is 13.8. The zero-order valence-electron chi connectivity index (χ0n) is 17.1. The molecule has 1 saturated heterocycles. The molecule has 0 aliphatic carbocycles. The number of rotatable bonds is 11. The third-order valence-electron chi connectivity index (χ3n) is 4.48. The molecule has 0 unspecified atom stereocenters. The highest BCUT2D eigenvalue weighted by Crippen LogP contribution is 2.22. The first-order valence-electron chi connectivity index (χ1n) is 9.25. The number of carbonyl (C=O) groups excluding carboxylic acids is 3. The molecule has 13 nitrogen and oxygen atoms in total. The molecular formula is C16H28ClN9O4. The molecule has 30 heavy (non-hydrogen) atoms. The number of amides is 2. The first kappa shape index (κ1) is 27.3. The third kappa shape index (κ3) is 9.19. The topological polar surface area (TPSA) is 194 Å². The van der Waals surface area contributed by atoms with Gasteiger partial charge in [0.25, 0.3) is 0 Å². The van der Waals surface area contributed by atoms with E-state index in [1.54, 1.807) is 0 Å². The zero-order chi connectivity index (χ0) is 21.8. The van der Waals surface area contributed by atoms with Crippen LogP contribution in [0.3, 0.4) is 0 Å². The first-order valence-corrected chi connectivity index (χ1v) is 9.25. The van der Waals surface area contributed by atoms with E-state index in [0.717, 1.165) is 0 Å². The van der Waals surface area contributed by atoms with Gasteiger partial charge in [0.15, 0.2) is 0 Å². The van der Waals surface area contributed by atoms with Crippen molar-refractivity contribution in [1.29, 1.82) is 0 Å². The Balaban J connectivity index is 0.00000841. The second kappa shape index (κ2) is 14.3. The lowest BCUT2D eigenvalue weighted by molar-refractivity contribution is -0.141. The van der Waals surface area contributed by atoms with E-state index in [9.17, 15) is 14.4 Å². The van der Waals surface area contributed by atoms with Crippen LogP contribution >= 0.6 is 12.4 Å². The maximum Gasteiger partial charge on any atom is 0.325 e. The van der Waals surface area contributed by atoms with Crippen molar-refractivity contribution in [1.82, 2.24) is 16.0 Å². The van der Waals surface area contributed by atoms with Crippen LogP contribution < -0.4 is 16.0 Å². The van der Waals surface area contributed by atoms with Crippen LogP contribution in [0.4, 0.5) is 0 Å². The number of hydrogen-bond donors (Lipinski definition) is 3. The van der Waals surface area contributed by atoms with Crippen LogP contribution in [0.1, 0.15) is 26.7 Å². The molecule has 0 aromatic rings. The fraction of sp³-hybridized carbons (Fsp3) is 0.812. The van der Waals surface area contributed by atoms with Crippen LogP contribution in [-0.4, -0.2) is 62.7 Å². The van der Waals surface area contributed by atoms with E-state index in [0.29, 0.717) is 12.8 Å². The van der Waals surface area contributed by atoms with Gasteiger partial charge in [-0.2, -0.15) is 0 Å². The second-order valence-electron chi connectivity index (χ2n) is 7.15. The minimum Gasteiger partial charge on any atom is -0.468 e. The monoisotopic (exact) mass is 445 g/mol.